The van der Waals surface area contributed by atoms with Gasteiger partial charge in [0.05, 0.1) is 6.54 Å². The van der Waals surface area contributed by atoms with Crippen molar-refractivity contribution in [2.75, 3.05) is 13.6 Å². The molecule has 3 aromatic rings. The number of nitrogens with one attached hydrogen (secondary N) is 2. The van der Waals surface area contributed by atoms with Crippen LogP contribution in [-0.4, -0.2) is 50.5 Å². The molecule has 31 heavy (non-hydrogen) atoms. The van der Waals surface area contributed by atoms with Gasteiger partial charge >= 0.3 is 0 Å². The van der Waals surface area contributed by atoms with Crippen molar-refractivity contribution in [3.8, 4) is 11.4 Å². The number of guanidine groups is 1. The molecule has 0 fully saturated rings. The van der Waals surface area contributed by atoms with Gasteiger partial charge in [-0.2, -0.15) is 10.1 Å². The number of hydrogen-bond donors (Lipinski definition) is 2. The molecular weight excluding hydrogens is 416 g/mol. The Morgan fingerprint density at radius 3 is 3.00 bits per heavy atom. The van der Waals surface area contributed by atoms with Crippen molar-refractivity contribution in [2.24, 2.45) is 4.99 Å². The third kappa shape index (κ3) is 5.22. The summed E-state index contributed by atoms with van der Waals surface area (Å²) in [6, 6.07) is 7.64. The summed E-state index contributed by atoms with van der Waals surface area (Å²) in [5.74, 6) is 4.15. The van der Waals surface area contributed by atoms with Crippen molar-refractivity contribution in [3.05, 3.63) is 46.8 Å². The van der Waals surface area contributed by atoms with E-state index < -0.39 is 0 Å². The van der Waals surface area contributed by atoms with Crippen LogP contribution in [0.4, 0.5) is 0 Å². The number of aromatic nitrogens is 5. The lowest BCUT2D eigenvalue weighted by Gasteiger charge is -2.25. The van der Waals surface area contributed by atoms with Crippen molar-refractivity contribution in [3.63, 3.8) is 0 Å². The van der Waals surface area contributed by atoms with Gasteiger partial charge in [0.1, 0.15) is 5.82 Å². The van der Waals surface area contributed by atoms with Gasteiger partial charge in [-0.15, -0.1) is 0 Å². The van der Waals surface area contributed by atoms with Crippen LogP contribution in [0.3, 0.4) is 0 Å². The van der Waals surface area contributed by atoms with E-state index in [2.05, 4.69) is 49.7 Å². The van der Waals surface area contributed by atoms with Gasteiger partial charge in [0, 0.05) is 49.0 Å². The fraction of sp³-hybridized carbons (Fsp3) is 0.476. The Morgan fingerprint density at radius 2 is 2.23 bits per heavy atom. The molecule has 2 N–H and O–H groups in total. The summed E-state index contributed by atoms with van der Waals surface area (Å²) < 4.78 is 7.38. The Bertz CT molecular complexity index is 1060. The minimum Gasteiger partial charge on any atom is -0.356 e. The predicted molar refractivity (Wildman–Crippen MR) is 119 cm³/mol. The molecule has 9 nitrogen and oxygen atoms in total. The van der Waals surface area contributed by atoms with Crippen LogP contribution in [0.15, 0.2) is 33.8 Å². The second-order valence-corrected chi connectivity index (χ2v) is 8.31. The summed E-state index contributed by atoms with van der Waals surface area (Å²) >= 11 is 6.03. The van der Waals surface area contributed by atoms with E-state index in [1.807, 2.05) is 28.9 Å². The zero-order valence-electron chi connectivity index (χ0n) is 18.0. The fourth-order valence-electron chi connectivity index (χ4n) is 3.47. The molecule has 0 saturated carbocycles. The van der Waals surface area contributed by atoms with Crippen molar-refractivity contribution in [2.45, 2.75) is 51.6 Å². The second kappa shape index (κ2) is 9.47. The van der Waals surface area contributed by atoms with Crippen molar-refractivity contribution >= 4 is 17.6 Å². The molecule has 1 atom stereocenters. The van der Waals surface area contributed by atoms with Crippen LogP contribution >= 0.6 is 11.6 Å². The van der Waals surface area contributed by atoms with E-state index in [0.717, 1.165) is 42.6 Å². The van der Waals surface area contributed by atoms with Gasteiger partial charge in [-0.05, 0) is 18.6 Å². The van der Waals surface area contributed by atoms with E-state index in [-0.39, 0.29) is 6.04 Å². The molecule has 1 aliphatic rings. The number of fused-ring (bicyclic) bond motifs is 1. The smallest absolute Gasteiger partial charge is 0.228 e. The van der Waals surface area contributed by atoms with Gasteiger partial charge < -0.3 is 15.2 Å². The lowest BCUT2D eigenvalue weighted by atomic mass is 10.1. The SMILES string of the molecule is CN=C(NCCc1nc(-c2cccc(Cl)c2)no1)NC1CCc2nc(C(C)C)nn2C1. The summed E-state index contributed by atoms with van der Waals surface area (Å²) in [5.41, 5.74) is 0.832. The molecule has 10 heteroatoms. The van der Waals surface area contributed by atoms with Crippen LogP contribution in [0, 0.1) is 0 Å². The average Bonchev–Trinajstić information content (AvgIpc) is 3.40. The van der Waals surface area contributed by atoms with Crippen molar-refractivity contribution in [1.29, 1.82) is 0 Å². The Morgan fingerprint density at radius 1 is 1.35 bits per heavy atom. The molecular formula is C21H27ClN8O. The Labute approximate surface area is 186 Å². The third-order valence-electron chi connectivity index (χ3n) is 5.14. The van der Waals surface area contributed by atoms with Crippen LogP contribution in [0.1, 0.15) is 43.7 Å². The molecule has 1 aliphatic heterocycles. The maximum atomic E-state index is 6.03. The quantitative estimate of drug-likeness (QED) is 0.446. The maximum absolute atomic E-state index is 6.03. The van der Waals surface area contributed by atoms with Gasteiger partial charge in [-0.3, -0.25) is 4.99 Å². The monoisotopic (exact) mass is 442 g/mol. The van der Waals surface area contributed by atoms with Crippen LogP contribution in [0.2, 0.25) is 5.02 Å². The number of hydrogen-bond acceptors (Lipinski definition) is 6. The summed E-state index contributed by atoms with van der Waals surface area (Å²) in [6.45, 7) is 5.63. The summed E-state index contributed by atoms with van der Waals surface area (Å²) in [6.07, 6.45) is 2.48. The lowest BCUT2D eigenvalue weighted by Crippen LogP contribution is -2.47. The highest BCUT2D eigenvalue weighted by atomic mass is 35.5. The molecule has 1 unspecified atom stereocenters. The first kappa shape index (κ1) is 21.3. The van der Waals surface area contributed by atoms with Gasteiger partial charge in [0.2, 0.25) is 11.7 Å². The topological polar surface area (TPSA) is 106 Å². The number of nitrogens with zero attached hydrogens (tertiary/aromatic N) is 6. The van der Waals surface area contributed by atoms with Crippen LogP contribution < -0.4 is 10.6 Å². The zero-order chi connectivity index (χ0) is 21.8. The third-order valence-corrected chi connectivity index (χ3v) is 5.37. The highest BCUT2D eigenvalue weighted by Gasteiger charge is 2.23. The number of rotatable bonds is 6. The highest BCUT2D eigenvalue weighted by Crippen LogP contribution is 2.20. The molecule has 1 aromatic carbocycles. The van der Waals surface area contributed by atoms with Crippen molar-refractivity contribution < 1.29 is 4.52 Å². The molecule has 0 spiro atoms. The van der Waals surface area contributed by atoms with E-state index in [4.69, 9.17) is 16.1 Å². The Kier molecular flexibility index (Phi) is 6.50. The standard InChI is InChI=1S/C21H27ClN8O/c1-13(2)19-26-17-8-7-16(12-30(17)28-19)25-21(23-3)24-10-9-18-27-20(29-31-18)14-5-4-6-15(22)11-14/h4-6,11,13,16H,7-10,12H2,1-3H3,(H2,23,24,25). The molecule has 0 aliphatic carbocycles. The van der Waals surface area contributed by atoms with E-state index in [1.165, 1.54) is 0 Å². The first-order valence-corrected chi connectivity index (χ1v) is 10.9. The second-order valence-electron chi connectivity index (χ2n) is 7.87. The Balaban J connectivity index is 1.28. The number of aryl methyl sites for hydroxylation is 1. The van der Waals surface area contributed by atoms with Crippen LogP contribution in [0.25, 0.3) is 11.4 Å². The first-order chi connectivity index (χ1) is 15.0. The molecule has 4 rings (SSSR count). The zero-order valence-corrected chi connectivity index (χ0v) is 18.7. The van der Waals surface area contributed by atoms with E-state index >= 15 is 0 Å². The lowest BCUT2D eigenvalue weighted by molar-refractivity contribution is 0.377. The highest BCUT2D eigenvalue weighted by molar-refractivity contribution is 6.30. The first-order valence-electron chi connectivity index (χ1n) is 10.5. The van der Waals surface area contributed by atoms with E-state index in [1.54, 1.807) is 7.05 Å². The summed E-state index contributed by atoms with van der Waals surface area (Å²) in [7, 11) is 1.76. The van der Waals surface area contributed by atoms with Crippen molar-refractivity contribution in [1.82, 2.24) is 35.5 Å². The number of benzene rings is 1. The van der Waals surface area contributed by atoms with E-state index in [9.17, 15) is 0 Å². The van der Waals surface area contributed by atoms with Crippen LogP contribution in [-0.2, 0) is 19.4 Å². The maximum Gasteiger partial charge on any atom is 0.228 e. The minimum absolute atomic E-state index is 0.248. The van der Waals surface area contributed by atoms with Gasteiger partial charge in [0.25, 0.3) is 0 Å². The molecule has 0 bridgehead atoms. The normalized spacial score (nSPS) is 16.4. The summed E-state index contributed by atoms with van der Waals surface area (Å²) in [5, 5.41) is 16.1. The van der Waals surface area contributed by atoms with Gasteiger partial charge in [0.15, 0.2) is 11.8 Å². The molecule has 0 saturated heterocycles. The Hall–Kier alpha value is -2.94. The molecule has 0 radical (unpaired) electrons. The molecule has 3 heterocycles. The van der Waals surface area contributed by atoms with Gasteiger partial charge in [-0.1, -0.05) is 42.7 Å². The largest absolute Gasteiger partial charge is 0.356 e. The van der Waals surface area contributed by atoms with Crippen LogP contribution in [0.5, 0.6) is 0 Å². The number of halogens is 1. The summed E-state index contributed by atoms with van der Waals surface area (Å²) in [4.78, 5) is 13.4. The fourth-order valence-corrected chi connectivity index (χ4v) is 3.66. The van der Waals surface area contributed by atoms with E-state index in [0.29, 0.717) is 35.6 Å². The molecule has 2 aromatic heterocycles. The molecule has 164 valence electrons. The predicted octanol–water partition coefficient (Wildman–Crippen LogP) is 2.83. The minimum atomic E-state index is 0.248. The molecule has 0 amide bonds. The number of aliphatic imine (C=N–C) groups is 1. The van der Waals surface area contributed by atoms with Gasteiger partial charge in [-0.25, -0.2) is 9.67 Å². The average molecular weight is 443 g/mol.